The van der Waals surface area contributed by atoms with Gasteiger partial charge in [-0.2, -0.15) is 4.73 Å². The van der Waals surface area contributed by atoms with Crippen molar-refractivity contribution in [1.82, 2.24) is 10.0 Å². The number of rotatable bonds is 11. The standard InChI is InChI=1S/C20H32N2O6/c1-6-8-10-26-17-14-22(27-11-9-7-2)15(12-16(17)23)19(25)21-13-18(24)28-20(3,4)5/h12,14H,6-11,13H2,1-5H3,(H,21,25). The molecule has 0 aliphatic rings. The zero-order chi connectivity index (χ0) is 21.2. The Balaban J connectivity index is 2.93. The number of pyridine rings is 1. The number of hydrogen-bond donors (Lipinski definition) is 1. The van der Waals surface area contributed by atoms with Gasteiger partial charge in [-0.25, -0.2) is 0 Å². The molecule has 28 heavy (non-hydrogen) atoms. The summed E-state index contributed by atoms with van der Waals surface area (Å²) in [7, 11) is 0. The third-order valence-corrected chi connectivity index (χ3v) is 3.51. The van der Waals surface area contributed by atoms with Crippen molar-refractivity contribution in [3.05, 3.63) is 28.2 Å². The molecule has 1 heterocycles. The minimum Gasteiger partial charge on any atom is -0.488 e. The van der Waals surface area contributed by atoms with Crippen LogP contribution in [0.5, 0.6) is 5.75 Å². The number of hydrogen-bond acceptors (Lipinski definition) is 6. The van der Waals surface area contributed by atoms with Gasteiger partial charge in [-0.15, -0.1) is 0 Å². The predicted octanol–water partition coefficient (Wildman–Crippen LogP) is 2.33. The number of unbranched alkanes of at least 4 members (excludes halogenated alkanes) is 2. The topological polar surface area (TPSA) is 95.9 Å². The summed E-state index contributed by atoms with van der Waals surface area (Å²) in [6.07, 6.45) is 4.83. The molecule has 8 heteroatoms. The van der Waals surface area contributed by atoms with Gasteiger partial charge in [-0.3, -0.25) is 14.4 Å². The van der Waals surface area contributed by atoms with Gasteiger partial charge >= 0.3 is 5.97 Å². The lowest BCUT2D eigenvalue weighted by Crippen LogP contribution is -2.37. The highest BCUT2D eigenvalue weighted by molar-refractivity contribution is 5.94. The summed E-state index contributed by atoms with van der Waals surface area (Å²) < 4.78 is 11.9. The Bertz CT molecular complexity index is 706. The molecule has 0 spiro atoms. The van der Waals surface area contributed by atoms with Gasteiger partial charge in [0.2, 0.25) is 5.43 Å². The number of carbonyl (C=O) groups excluding carboxylic acids is 2. The maximum absolute atomic E-state index is 12.5. The van der Waals surface area contributed by atoms with E-state index in [1.807, 2.05) is 13.8 Å². The summed E-state index contributed by atoms with van der Waals surface area (Å²) in [5.74, 6) is -1.06. The molecule has 0 aliphatic heterocycles. The maximum Gasteiger partial charge on any atom is 0.325 e. The Labute approximate surface area is 166 Å². The van der Waals surface area contributed by atoms with Crippen molar-refractivity contribution in [2.75, 3.05) is 19.8 Å². The van der Waals surface area contributed by atoms with Crippen LogP contribution in [0.25, 0.3) is 0 Å². The van der Waals surface area contributed by atoms with Crippen LogP contribution in [0.15, 0.2) is 17.1 Å². The normalized spacial score (nSPS) is 11.0. The zero-order valence-electron chi connectivity index (χ0n) is 17.5. The van der Waals surface area contributed by atoms with E-state index in [9.17, 15) is 14.4 Å². The first-order valence-electron chi connectivity index (χ1n) is 9.70. The summed E-state index contributed by atoms with van der Waals surface area (Å²) >= 11 is 0. The van der Waals surface area contributed by atoms with Crippen LogP contribution < -0.4 is 20.3 Å². The molecule has 158 valence electrons. The Morgan fingerprint density at radius 1 is 1.11 bits per heavy atom. The van der Waals surface area contributed by atoms with E-state index in [2.05, 4.69) is 5.32 Å². The van der Waals surface area contributed by atoms with Crippen LogP contribution in [0.4, 0.5) is 0 Å². The summed E-state index contributed by atoms with van der Waals surface area (Å²) in [6, 6.07) is 1.15. The highest BCUT2D eigenvalue weighted by atomic mass is 16.7. The fourth-order valence-electron chi connectivity index (χ4n) is 2.13. The second-order valence-electron chi connectivity index (χ2n) is 7.37. The molecule has 8 nitrogen and oxygen atoms in total. The van der Waals surface area contributed by atoms with Gasteiger partial charge in [0.05, 0.1) is 12.8 Å². The molecule has 1 rings (SSSR count). The summed E-state index contributed by atoms with van der Waals surface area (Å²) in [5, 5.41) is 2.46. The fraction of sp³-hybridized carbons (Fsp3) is 0.650. The molecule has 1 N–H and O–H groups in total. The van der Waals surface area contributed by atoms with E-state index >= 15 is 0 Å². The number of ether oxygens (including phenoxy) is 2. The first-order chi connectivity index (χ1) is 13.2. The largest absolute Gasteiger partial charge is 0.488 e. The van der Waals surface area contributed by atoms with Crippen LogP contribution in [0.1, 0.15) is 70.8 Å². The number of nitrogens with zero attached hydrogens (tertiary/aromatic N) is 1. The van der Waals surface area contributed by atoms with E-state index in [-0.39, 0.29) is 18.0 Å². The SMILES string of the molecule is CCCCOc1cn(OCCCC)c(C(=O)NCC(=O)OC(C)(C)C)cc1=O. The third kappa shape index (κ3) is 8.45. The van der Waals surface area contributed by atoms with Gasteiger partial charge in [0.15, 0.2) is 5.75 Å². The molecule has 0 bridgehead atoms. The molecule has 0 fully saturated rings. The minimum atomic E-state index is -0.648. The van der Waals surface area contributed by atoms with Crippen LogP contribution in [0, 0.1) is 0 Å². The maximum atomic E-state index is 12.5. The fourth-order valence-corrected chi connectivity index (χ4v) is 2.13. The second-order valence-corrected chi connectivity index (χ2v) is 7.37. The smallest absolute Gasteiger partial charge is 0.325 e. The van der Waals surface area contributed by atoms with Crippen LogP contribution in [0.2, 0.25) is 0 Å². The van der Waals surface area contributed by atoms with Crippen molar-refractivity contribution in [3.8, 4) is 5.75 Å². The number of esters is 1. The Morgan fingerprint density at radius 2 is 1.75 bits per heavy atom. The monoisotopic (exact) mass is 396 g/mol. The second kappa shape index (κ2) is 11.4. The molecule has 0 aromatic carbocycles. The lowest BCUT2D eigenvalue weighted by Gasteiger charge is -2.20. The summed E-state index contributed by atoms with van der Waals surface area (Å²) in [5.41, 5.74) is -1.08. The molecular formula is C20H32N2O6. The van der Waals surface area contributed by atoms with Crippen LogP contribution in [0.3, 0.4) is 0 Å². The third-order valence-electron chi connectivity index (χ3n) is 3.51. The average molecular weight is 396 g/mol. The Kier molecular flexibility index (Phi) is 9.55. The Hall–Kier alpha value is -2.51. The lowest BCUT2D eigenvalue weighted by atomic mass is 10.2. The molecule has 0 aliphatic carbocycles. The molecule has 0 saturated heterocycles. The van der Waals surface area contributed by atoms with Gasteiger partial charge in [0, 0.05) is 6.07 Å². The van der Waals surface area contributed by atoms with Gasteiger partial charge in [-0.05, 0) is 33.6 Å². The minimum absolute atomic E-state index is 0.00694. The van der Waals surface area contributed by atoms with E-state index < -0.39 is 22.9 Å². The molecule has 1 amide bonds. The van der Waals surface area contributed by atoms with Crippen molar-refractivity contribution in [2.45, 2.75) is 65.9 Å². The van der Waals surface area contributed by atoms with Crippen molar-refractivity contribution < 1.29 is 23.9 Å². The number of nitrogens with one attached hydrogen (secondary N) is 1. The highest BCUT2D eigenvalue weighted by Gasteiger charge is 2.19. The molecule has 0 saturated carbocycles. The quantitative estimate of drug-likeness (QED) is 0.456. The van der Waals surface area contributed by atoms with Gasteiger partial charge in [0.25, 0.3) is 5.91 Å². The molecular weight excluding hydrogens is 364 g/mol. The van der Waals surface area contributed by atoms with E-state index in [0.717, 1.165) is 31.7 Å². The van der Waals surface area contributed by atoms with E-state index in [0.29, 0.717) is 13.2 Å². The number of carbonyl (C=O) groups is 2. The first-order valence-corrected chi connectivity index (χ1v) is 9.70. The molecule has 0 atom stereocenters. The average Bonchev–Trinajstić information content (AvgIpc) is 2.60. The van der Waals surface area contributed by atoms with Gasteiger partial charge in [-0.1, -0.05) is 26.7 Å². The van der Waals surface area contributed by atoms with Crippen molar-refractivity contribution in [1.29, 1.82) is 0 Å². The van der Waals surface area contributed by atoms with E-state index in [1.54, 1.807) is 20.8 Å². The van der Waals surface area contributed by atoms with Gasteiger partial charge < -0.3 is 19.6 Å². The van der Waals surface area contributed by atoms with Crippen LogP contribution >= 0.6 is 0 Å². The van der Waals surface area contributed by atoms with E-state index in [4.69, 9.17) is 14.3 Å². The molecule has 1 aromatic rings. The summed E-state index contributed by atoms with van der Waals surface area (Å²) in [6.45, 7) is 9.73. The molecule has 0 radical (unpaired) electrons. The van der Waals surface area contributed by atoms with Crippen molar-refractivity contribution >= 4 is 11.9 Å². The first kappa shape index (κ1) is 23.5. The lowest BCUT2D eigenvalue weighted by molar-refractivity contribution is -0.153. The van der Waals surface area contributed by atoms with Crippen LogP contribution in [-0.4, -0.2) is 42.0 Å². The number of aromatic nitrogens is 1. The molecule has 1 aromatic heterocycles. The summed E-state index contributed by atoms with van der Waals surface area (Å²) in [4.78, 5) is 42.2. The van der Waals surface area contributed by atoms with Crippen molar-refractivity contribution in [2.24, 2.45) is 0 Å². The Morgan fingerprint density at radius 3 is 2.36 bits per heavy atom. The predicted molar refractivity (Wildman–Crippen MR) is 106 cm³/mol. The van der Waals surface area contributed by atoms with Gasteiger partial charge in [0.1, 0.15) is 24.4 Å². The van der Waals surface area contributed by atoms with E-state index in [1.165, 1.54) is 10.9 Å². The zero-order valence-corrected chi connectivity index (χ0v) is 17.5. The van der Waals surface area contributed by atoms with Crippen LogP contribution in [-0.2, 0) is 9.53 Å². The van der Waals surface area contributed by atoms with Crippen molar-refractivity contribution in [3.63, 3.8) is 0 Å². The highest BCUT2D eigenvalue weighted by Crippen LogP contribution is 2.09. The molecule has 0 unspecified atom stereocenters. The number of amides is 1.